The van der Waals surface area contributed by atoms with Gasteiger partial charge in [-0.25, -0.2) is 0 Å². The number of nitrogens with one attached hydrogen (secondary N) is 2. The number of furan rings is 1. The molecule has 6 heteroatoms. The van der Waals surface area contributed by atoms with Crippen LogP contribution in [-0.2, 0) is 0 Å². The van der Waals surface area contributed by atoms with E-state index in [4.69, 9.17) is 9.15 Å². The van der Waals surface area contributed by atoms with E-state index in [0.29, 0.717) is 23.5 Å². The molecule has 0 unspecified atom stereocenters. The van der Waals surface area contributed by atoms with E-state index < -0.39 is 11.8 Å². The van der Waals surface area contributed by atoms with Gasteiger partial charge in [0.1, 0.15) is 12.0 Å². The average molecular weight is 274 g/mol. The number of carbonyl (C=O) groups is 2. The third kappa shape index (κ3) is 3.38. The Balaban J connectivity index is 1.90. The van der Waals surface area contributed by atoms with Crippen molar-refractivity contribution in [1.82, 2.24) is 10.9 Å². The summed E-state index contributed by atoms with van der Waals surface area (Å²) in [6.45, 7) is 2.44. The van der Waals surface area contributed by atoms with E-state index in [1.807, 2.05) is 6.92 Å². The maximum Gasteiger partial charge on any atom is 0.272 e. The molecule has 0 fully saturated rings. The van der Waals surface area contributed by atoms with Crippen molar-refractivity contribution in [2.24, 2.45) is 0 Å². The van der Waals surface area contributed by atoms with Crippen molar-refractivity contribution in [3.05, 3.63) is 54.0 Å². The summed E-state index contributed by atoms with van der Waals surface area (Å²) in [4.78, 5) is 23.4. The number of hydrogen-bond donors (Lipinski definition) is 2. The molecule has 104 valence electrons. The normalized spacial score (nSPS) is 9.85. The van der Waals surface area contributed by atoms with E-state index >= 15 is 0 Å². The zero-order chi connectivity index (χ0) is 14.4. The van der Waals surface area contributed by atoms with Crippen molar-refractivity contribution in [3.63, 3.8) is 0 Å². The Labute approximate surface area is 115 Å². The molecule has 1 aromatic heterocycles. The molecule has 1 aromatic carbocycles. The lowest BCUT2D eigenvalue weighted by atomic mass is 10.2. The highest BCUT2D eigenvalue weighted by Gasteiger charge is 2.09. The fourth-order valence-corrected chi connectivity index (χ4v) is 1.52. The number of benzene rings is 1. The highest BCUT2D eigenvalue weighted by molar-refractivity contribution is 5.98. The Morgan fingerprint density at radius 2 is 1.70 bits per heavy atom. The van der Waals surface area contributed by atoms with Crippen molar-refractivity contribution in [1.29, 1.82) is 0 Å². The maximum absolute atomic E-state index is 11.8. The van der Waals surface area contributed by atoms with Gasteiger partial charge in [-0.05, 0) is 37.3 Å². The number of amides is 2. The molecule has 1 heterocycles. The van der Waals surface area contributed by atoms with E-state index in [0.717, 1.165) is 0 Å². The summed E-state index contributed by atoms with van der Waals surface area (Å²) in [5.41, 5.74) is 5.36. The molecule has 0 saturated carbocycles. The number of rotatable bonds is 4. The van der Waals surface area contributed by atoms with Crippen LogP contribution in [0.2, 0.25) is 0 Å². The Bertz CT molecular complexity index is 576. The maximum atomic E-state index is 11.8. The van der Waals surface area contributed by atoms with Gasteiger partial charge in [0, 0.05) is 5.56 Å². The summed E-state index contributed by atoms with van der Waals surface area (Å²) >= 11 is 0. The summed E-state index contributed by atoms with van der Waals surface area (Å²) in [6, 6.07) is 8.11. The number of carbonyl (C=O) groups excluding carboxylic acids is 2. The Kier molecular flexibility index (Phi) is 4.39. The van der Waals surface area contributed by atoms with Gasteiger partial charge < -0.3 is 9.15 Å². The lowest BCUT2D eigenvalue weighted by Crippen LogP contribution is -2.41. The van der Waals surface area contributed by atoms with Gasteiger partial charge in [-0.3, -0.25) is 20.4 Å². The molecule has 0 aliphatic carbocycles. The van der Waals surface area contributed by atoms with Crippen LogP contribution in [0.15, 0.2) is 47.3 Å². The minimum Gasteiger partial charge on any atom is -0.494 e. The van der Waals surface area contributed by atoms with Crippen LogP contribution in [0, 0.1) is 0 Å². The van der Waals surface area contributed by atoms with Gasteiger partial charge in [-0.15, -0.1) is 0 Å². The first-order valence-electron chi connectivity index (χ1n) is 6.06. The Morgan fingerprint density at radius 3 is 2.25 bits per heavy atom. The van der Waals surface area contributed by atoms with E-state index in [1.54, 1.807) is 24.3 Å². The first-order valence-corrected chi connectivity index (χ1v) is 6.06. The molecule has 20 heavy (non-hydrogen) atoms. The molecule has 0 saturated heterocycles. The molecular weight excluding hydrogens is 260 g/mol. The second-order valence-electron chi connectivity index (χ2n) is 3.88. The average Bonchev–Trinajstić information content (AvgIpc) is 3.00. The van der Waals surface area contributed by atoms with Crippen LogP contribution < -0.4 is 15.6 Å². The van der Waals surface area contributed by atoms with Crippen molar-refractivity contribution in [2.75, 3.05) is 6.61 Å². The van der Waals surface area contributed by atoms with E-state index in [-0.39, 0.29) is 0 Å². The lowest BCUT2D eigenvalue weighted by Gasteiger charge is -2.07. The zero-order valence-corrected chi connectivity index (χ0v) is 10.9. The van der Waals surface area contributed by atoms with Gasteiger partial charge in [0.2, 0.25) is 0 Å². The third-order valence-electron chi connectivity index (χ3n) is 2.50. The molecule has 0 aliphatic rings. The minimum atomic E-state index is -0.446. The SMILES string of the molecule is CCOc1ccc(C(=O)NNC(=O)c2ccoc2)cc1. The van der Waals surface area contributed by atoms with E-state index in [2.05, 4.69) is 10.9 Å². The fourth-order valence-electron chi connectivity index (χ4n) is 1.52. The van der Waals surface area contributed by atoms with Crippen LogP contribution in [0.5, 0.6) is 5.75 Å². The summed E-state index contributed by atoms with van der Waals surface area (Å²) in [5.74, 6) is -0.172. The smallest absolute Gasteiger partial charge is 0.272 e. The van der Waals surface area contributed by atoms with Crippen LogP contribution in [0.1, 0.15) is 27.6 Å². The first-order chi connectivity index (χ1) is 9.70. The van der Waals surface area contributed by atoms with Crippen LogP contribution >= 0.6 is 0 Å². The van der Waals surface area contributed by atoms with Crippen molar-refractivity contribution < 1.29 is 18.7 Å². The number of ether oxygens (including phenoxy) is 1. The quantitative estimate of drug-likeness (QED) is 0.832. The van der Waals surface area contributed by atoms with Gasteiger partial charge in [0.05, 0.1) is 18.4 Å². The standard InChI is InChI=1S/C14H14N2O4/c1-2-20-12-5-3-10(4-6-12)13(17)15-16-14(18)11-7-8-19-9-11/h3-9H,2H2,1H3,(H,15,17)(H,16,18). The summed E-state index contributed by atoms with van der Waals surface area (Å²) in [7, 11) is 0. The number of hydrazine groups is 1. The molecule has 6 nitrogen and oxygen atoms in total. The van der Waals surface area contributed by atoms with Gasteiger partial charge in [-0.1, -0.05) is 0 Å². The monoisotopic (exact) mass is 274 g/mol. The predicted molar refractivity (Wildman–Crippen MR) is 71.3 cm³/mol. The van der Waals surface area contributed by atoms with Crippen LogP contribution in [-0.4, -0.2) is 18.4 Å². The summed E-state index contributed by atoms with van der Waals surface area (Å²) < 4.78 is 10.1. The molecule has 0 radical (unpaired) electrons. The van der Waals surface area contributed by atoms with Crippen molar-refractivity contribution in [2.45, 2.75) is 6.92 Å². The van der Waals surface area contributed by atoms with Gasteiger partial charge in [0.15, 0.2) is 0 Å². The molecule has 0 aliphatic heterocycles. The van der Waals surface area contributed by atoms with Crippen LogP contribution in [0.25, 0.3) is 0 Å². The molecule has 2 amide bonds. The van der Waals surface area contributed by atoms with Crippen LogP contribution in [0.3, 0.4) is 0 Å². The van der Waals surface area contributed by atoms with Gasteiger partial charge in [-0.2, -0.15) is 0 Å². The highest BCUT2D eigenvalue weighted by Crippen LogP contribution is 2.11. The Morgan fingerprint density at radius 1 is 1.05 bits per heavy atom. The highest BCUT2D eigenvalue weighted by atomic mass is 16.5. The lowest BCUT2D eigenvalue weighted by molar-refractivity contribution is 0.0846. The van der Waals surface area contributed by atoms with Crippen LogP contribution in [0.4, 0.5) is 0 Å². The third-order valence-corrected chi connectivity index (χ3v) is 2.50. The largest absolute Gasteiger partial charge is 0.494 e. The molecule has 2 N–H and O–H groups in total. The second-order valence-corrected chi connectivity index (χ2v) is 3.88. The molecule has 2 rings (SSSR count). The fraction of sp³-hybridized carbons (Fsp3) is 0.143. The molecule has 2 aromatic rings. The Hall–Kier alpha value is -2.76. The second kappa shape index (κ2) is 6.42. The predicted octanol–water partition coefficient (Wildman–Crippen LogP) is 1.75. The summed E-state index contributed by atoms with van der Waals surface area (Å²) in [5, 5.41) is 0. The first kappa shape index (κ1) is 13.7. The molecule has 0 bridgehead atoms. The van der Waals surface area contributed by atoms with Gasteiger partial charge in [0.25, 0.3) is 11.8 Å². The zero-order valence-electron chi connectivity index (χ0n) is 10.9. The number of hydrogen-bond acceptors (Lipinski definition) is 4. The topological polar surface area (TPSA) is 80.6 Å². The molecule has 0 atom stereocenters. The van der Waals surface area contributed by atoms with Crippen molar-refractivity contribution >= 4 is 11.8 Å². The van der Waals surface area contributed by atoms with E-state index in [1.165, 1.54) is 18.6 Å². The molecular formula is C14H14N2O4. The van der Waals surface area contributed by atoms with Gasteiger partial charge >= 0.3 is 0 Å². The minimum absolute atomic E-state index is 0.331. The molecule has 0 spiro atoms. The van der Waals surface area contributed by atoms with Crippen molar-refractivity contribution in [3.8, 4) is 5.75 Å². The summed E-state index contributed by atoms with van der Waals surface area (Å²) in [6.07, 6.45) is 2.67. The van der Waals surface area contributed by atoms with E-state index in [9.17, 15) is 9.59 Å².